The molecule has 0 saturated carbocycles. The first-order valence-corrected chi connectivity index (χ1v) is 13.6. The maximum Gasteiger partial charge on any atom is 0.426 e. The lowest BCUT2D eigenvalue weighted by Crippen LogP contribution is -2.58. The third-order valence-corrected chi connectivity index (χ3v) is 6.61. The second-order valence-corrected chi connectivity index (χ2v) is 10.9. The van der Waals surface area contributed by atoms with Crippen LogP contribution in [0.5, 0.6) is 0 Å². The molecule has 2 atom stereocenters. The molecular formula is C32H35N3O7. The van der Waals surface area contributed by atoms with Crippen LogP contribution in [0.25, 0.3) is 11.1 Å². The van der Waals surface area contributed by atoms with Crippen LogP contribution in [-0.4, -0.2) is 48.2 Å². The molecule has 1 aliphatic carbocycles. The summed E-state index contributed by atoms with van der Waals surface area (Å²) in [6.07, 6.45) is -1.78. The van der Waals surface area contributed by atoms with Gasteiger partial charge in [-0.25, -0.2) is 15.0 Å². The number of ether oxygens (including phenoxy) is 3. The first-order valence-electron chi connectivity index (χ1n) is 13.6. The highest BCUT2D eigenvalue weighted by Crippen LogP contribution is 2.44. The zero-order valence-corrected chi connectivity index (χ0v) is 24.0. The van der Waals surface area contributed by atoms with E-state index in [1.807, 2.05) is 78.9 Å². The zero-order valence-electron chi connectivity index (χ0n) is 24.0. The van der Waals surface area contributed by atoms with Gasteiger partial charge in [0, 0.05) is 5.92 Å². The van der Waals surface area contributed by atoms with E-state index in [1.54, 1.807) is 27.7 Å². The lowest BCUT2D eigenvalue weighted by molar-refractivity contribution is -0.164. The number of hydrogen-bond acceptors (Lipinski definition) is 7. The molecule has 3 amide bonds. The first kappa shape index (κ1) is 30.3. The van der Waals surface area contributed by atoms with E-state index in [9.17, 15) is 19.2 Å². The second-order valence-electron chi connectivity index (χ2n) is 10.9. The summed E-state index contributed by atoms with van der Waals surface area (Å²) in [6.45, 7) is 6.61. The molecule has 0 saturated heterocycles. The molecule has 0 radical (unpaired) electrons. The first-order chi connectivity index (χ1) is 20.0. The van der Waals surface area contributed by atoms with Crippen LogP contribution in [0.1, 0.15) is 50.3 Å². The predicted molar refractivity (Wildman–Crippen MR) is 155 cm³/mol. The molecule has 3 aromatic carbocycles. The Morgan fingerprint density at radius 2 is 1.38 bits per heavy atom. The van der Waals surface area contributed by atoms with Gasteiger partial charge in [0.15, 0.2) is 0 Å². The minimum atomic E-state index is -1.34. The van der Waals surface area contributed by atoms with Gasteiger partial charge in [0.05, 0.1) is 12.7 Å². The minimum absolute atomic E-state index is 0.0468. The molecule has 220 valence electrons. The number of benzene rings is 3. The number of fused-ring (bicyclic) bond motifs is 3. The van der Waals surface area contributed by atoms with E-state index in [2.05, 4.69) is 16.2 Å². The molecule has 10 nitrogen and oxygen atoms in total. The van der Waals surface area contributed by atoms with Gasteiger partial charge in [-0.15, -0.1) is 0 Å². The van der Waals surface area contributed by atoms with E-state index in [0.717, 1.165) is 27.8 Å². The van der Waals surface area contributed by atoms with Crippen molar-refractivity contribution in [1.82, 2.24) is 16.2 Å². The van der Waals surface area contributed by atoms with E-state index in [1.165, 1.54) is 0 Å². The largest absolute Gasteiger partial charge is 0.453 e. The van der Waals surface area contributed by atoms with Crippen LogP contribution in [0, 0.1) is 0 Å². The molecule has 1 aliphatic rings. The van der Waals surface area contributed by atoms with Gasteiger partial charge >= 0.3 is 18.0 Å². The van der Waals surface area contributed by atoms with Crippen molar-refractivity contribution in [2.24, 2.45) is 0 Å². The monoisotopic (exact) mass is 573 g/mol. The predicted octanol–water partition coefficient (Wildman–Crippen LogP) is 3.99. The fourth-order valence-corrected chi connectivity index (χ4v) is 4.64. The standard InChI is InChI=1S/C32H35N3O7/c1-20(40-18-21-12-6-5-7-13-21)27(33-29(37)30(38)42-32(2,3)4)28(36)34-35-31(39)41-19-26-24-16-10-8-14-22(24)23-15-9-11-17-25(23)26/h5-17,20,26-27H,18-19H2,1-4H3,(H,33,37)(H,34,36)(H,35,39)/t20-,27+/m1/s1. The van der Waals surface area contributed by atoms with Crippen molar-refractivity contribution in [2.45, 2.75) is 58.0 Å². The Labute approximate surface area is 244 Å². The molecule has 0 fully saturated rings. The number of rotatable bonds is 8. The lowest BCUT2D eigenvalue weighted by Gasteiger charge is -2.25. The quantitative estimate of drug-likeness (QED) is 0.211. The van der Waals surface area contributed by atoms with Crippen molar-refractivity contribution in [2.75, 3.05) is 6.61 Å². The zero-order chi connectivity index (χ0) is 30.3. The van der Waals surface area contributed by atoms with Crippen molar-refractivity contribution < 1.29 is 33.4 Å². The van der Waals surface area contributed by atoms with Gasteiger partial charge in [-0.05, 0) is 55.5 Å². The Balaban J connectivity index is 1.37. The van der Waals surface area contributed by atoms with Crippen LogP contribution in [-0.2, 0) is 35.2 Å². The van der Waals surface area contributed by atoms with Crippen LogP contribution >= 0.6 is 0 Å². The van der Waals surface area contributed by atoms with E-state index in [4.69, 9.17) is 14.2 Å². The normalized spacial score (nSPS) is 13.6. The molecule has 0 heterocycles. The second kappa shape index (κ2) is 13.3. The summed E-state index contributed by atoms with van der Waals surface area (Å²) in [7, 11) is 0. The van der Waals surface area contributed by atoms with Gasteiger partial charge in [0.2, 0.25) is 0 Å². The Morgan fingerprint density at radius 3 is 1.98 bits per heavy atom. The maximum atomic E-state index is 13.1. The van der Waals surface area contributed by atoms with Crippen LogP contribution in [0.3, 0.4) is 0 Å². The summed E-state index contributed by atoms with van der Waals surface area (Å²) in [5, 5.41) is 2.36. The molecule has 0 spiro atoms. The Hall–Kier alpha value is -4.70. The molecule has 0 unspecified atom stereocenters. The highest BCUT2D eigenvalue weighted by atomic mass is 16.6. The topological polar surface area (TPSA) is 132 Å². The summed E-state index contributed by atoms with van der Waals surface area (Å²) < 4.78 is 16.4. The molecule has 3 aromatic rings. The van der Waals surface area contributed by atoms with Crippen molar-refractivity contribution in [3.05, 3.63) is 95.6 Å². The van der Waals surface area contributed by atoms with Gasteiger partial charge < -0.3 is 19.5 Å². The van der Waals surface area contributed by atoms with Crippen LogP contribution in [0.2, 0.25) is 0 Å². The average Bonchev–Trinajstić information content (AvgIpc) is 3.29. The maximum absolute atomic E-state index is 13.1. The molecule has 10 heteroatoms. The van der Waals surface area contributed by atoms with E-state index < -0.39 is 41.6 Å². The number of amides is 3. The fourth-order valence-electron chi connectivity index (χ4n) is 4.64. The van der Waals surface area contributed by atoms with Gasteiger partial charge in [0.1, 0.15) is 18.2 Å². The number of esters is 1. The summed E-state index contributed by atoms with van der Waals surface area (Å²) >= 11 is 0. The number of hydrazine groups is 1. The van der Waals surface area contributed by atoms with Crippen molar-refractivity contribution in [3.8, 4) is 11.1 Å². The van der Waals surface area contributed by atoms with Gasteiger partial charge in [-0.3, -0.25) is 15.0 Å². The molecular weight excluding hydrogens is 538 g/mol. The number of nitrogens with one attached hydrogen (secondary N) is 3. The van der Waals surface area contributed by atoms with Crippen LogP contribution in [0.15, 0.2) is 78.9 Å². The molecule has 0 aromatic heterocycles. The van der Waals surface area contributed by atoms with Crippen LogP contribution < -0.4 is 16.2 Å². The summed E-state index contributed by atoms with van der Waals surface area (Å²) in [4.78, 5) is 50.5. The van der Waals surface area contributed by atoms with E-state index in [0.29, 0.717) is 0 Å². The van der Waals surface area contributed by atoms with Gasteiger partial charge in [-0.1, -0.05) is 78.9 Å². The SMILES string of the molecule is C[C@@H](OCc1ccccc1)[C@H](NC(=O)C(=O)OC(C)(C)C)C(=O)NNC(=O)OCC1c2ccccc2-c2ccccc21. The van der Waals surface area contributed by atoms with Gasteiger partial charge in [-0.2, -0.15) is 0 Å². The molecule has 0 bridgehead atoms. The smallest absolute Gasteiger partial charge is 0.426 e. The van der Waals surface area contributed by atoms with Crippen molar-refractivity contribution >= 4 is 23.9 Å². The number of carbonyl (C=O) groups excluding carboxylic acids is 4. The fraction of sp³-hybridized carbons (Fsp3) is 0.312. The Kier molecular flexibility index (Phi) is 9.59. The summed E-state index contributed by atoms with van der Waals surface area (Å²) in [6, 6.07) is 23.7. The third kappa shape index (κ3) is 7.73. The molecule has 4 rings (SSSR count). The minimum Gasteiger partial charge on any atom is -0.453 e. The van der Waals surface area contributed by atoms with Crippen molar-refractivity contribution in [3.63, 3.8) is 0 Å². The average molecular weight is 574 g/mol. The third-order valence-electron chi connectivity index (χ3n) is 6.61. The summed E-state index contributed by atoms with van der Waals surface area (Å²) in [5.74, 6) is -3.26. The molecule has 42 heavy (non-hydrogen) atoms. The van der Waals surface area contributed by atoms with Gasteiger partial charge in [0.25, 0.3) is 5.91 Å². The Bertz CT molecular complexity index is 1390. The van der Waals surface area contributed by atoms with E-state index in [-0.39, 0.29) is 19.1 Å². The highest BCUT2D eigenvalue weighted by Gasteiger charge is 2.33. The summed E-state index contributed by atoms with van der Waals surface area (Å²) in [5.41, 5.74) is 8.68. The van der Waals surface area contributed by atoms with Crippen molar-refractivity contribution in [1.29, 1.82) is 0 Å². The highest BCUT2D eigenvalue weighted by molar-refractivity contribution is 6.33. The Morgan fingerprint density at radius 1 is 0.810 bits per heavy atom. The number of carbonyl (C=O) groups is 4. The molecule has 0 aliphatic heterocycles. The van der Waals surface area contributed by atoms with Crippen LogP contribution in [0.4, 0.5) is 4.79 Å². The number of hydrogen-bond donors (Lipinski definition) is 3. The lowest BCUT2D eigenvalue weighted by atomic mass is 9.98. The van der Waals surface area contributed by atoms with E-state index >= 15 is 0 Å². The molecule has 3 N–H and O–H groups in total.